The summed E-state index contributed by atoms with van der Waals surface area (Å²) in [4.78, 5) is 10.8. The molecule has 1 heterocycles. The van der Waals surface area contributed by atoms with Crippen molar-refractivity contribution in [3.8, 4) is 11.5 Å². The van der Waals surface area contributed by atoms with Crippen molar-refractivity contribution < 1.29 is 14.6 Å². The number of carbonyl (C=O) groups is 1. The van der Waals surface area contributed by atoms with Gasteiger partial charge in [-0.3, -0.25) is 4.79 Å². The van der Waals surface area contributed by atoms with Crippen LogP contribution in [0.4, 0.5) is 0 Å². The second-order valence-corrected chi connectivity index (χ2v) is 3.97. The monoisotopic (exact) mass is 257 g/mol. The molecule has 0 saturated carbocycles. The van der Waals surface area contributed by atoms with E-state index in [1.54, 1.807) is 12.1 Å². The topological polar surface area (TPSA) is 58.6 Å². The zero-order chi connectivity index (χ0) is 11.5. The van der Waals surface area contributed by atoms with E-state index in [2.05, 4.69) is 5.32 Å². The number of ether oxygens (including phenoxy) is 1. The summed E-state index contributed by atoms with van der Waals surface area (Å²) in [6.07, 6.45) is 2.23. The van der Waals surface area contributed by atoms with Crippen molar-refractivity contribution in [1.29, 1.82) is 0 Å². The second-order valence-electron chi connectivity index (χ2n) is 3.97. The Kier molecular flexibility index (Phi) is 4.78. The molecule has 1 saturated heterocycles. The summed E-state index contributed by atoms with van der Waals surface area (Å²) in [5, 5.41) is 13.0. The van der Waals surface area contributed by atoms with E-state index in [0.29, 0.717) is 6.04 Å². The van der Waals surface area contributed by atoms with Crippen LogP contribution in [-0.4, -0.2) is 17.6 Å². The highest BCUT2D eigenvalue weighted by Gasteiger charge is 2.17. The van der Waals surface area contributed by atoms with E-state index in [4.69, 9.17) is 4.74 Å². The fourth-order valence-electron chi connectivity index (χ4n) is 1.96. The fraction of sp³-hybridized carbons (Fsp3) is 0.417. The number of rotatable bonds is 2. The van der Waals surface area contributed by atoms with Crippen molar-refractivity contribution in [3.63, 3.8) is 0 Å². The highest BCUT2D eigenvalue weighted by Crippen LogP contribution is 2.31. The van der Waals surface area contributed by atoms with E-state index in [0.717, 1.165) is 24.9 Å². The van der Waals surface area contributed by atoms with Gasteiger partial charge < -0.3 is 15.2 Å². The van der Waals surface area contributed by atoms with Gasteiger partial charge in [0.25, 0.3) is 0 Å². The molecule has 1 aliphatic heterocycles. The van der Waals surface area contributed by atoms with Gasteiger partial charge in [0.15, 0.2) is 11.5 Å². The minimum absolute atomic E-state index is 0. The molecule has 5 heteroatoms. The summed E-state index contributed by atoms with van der Waals surface area (Å²) in [6, 6.07) is 5.46. The maximum atomic E-state index is 10.8. The smallest absolute Gasteiger partial charge is 0.308 e. The lowest BCUT2D eigenvalue weighted by atomic mass is 10.0. The van der Waals surface area contributed by atoms with Gasteiger partial charge in [0.05, 0.1) is 0 Å². The molecule has 1 atom stereocenters. The number of esters is 1. The number of hydrogen-bond donors (Lipinski definition) is 2. The summed E-state index contributed by atoms with van der Waals surface area (Å²) < 4.78 is 4.85. The van der Waals surface area contributed by atoms with E-state index in [-0.39, 0.29) is 23.9 Å². The number of benzene rings is 1. The molecule has 1 aromatic carbocycles. The molecule has 0 unspecified atom stereocenters. The van der Waals surface area contributed by atoms with Crippen LogP contribution in [0.25, 0.3) is 0 Å². The summed E-state index contributed by atoms with van der Waals surface area (Å²) >= 11 is 0. The van der Waals surface area contributed by atoms with Gasteiger partial charge >= 0.3 is 5.97 Å². The maximum Gasteiger partial charge on any atom is 0.308 e. The van der Waals surface area contributed by atoms with Crippen LogP contribution < -0.4 is 10.1 Å². The van der Waals surface area contributed by atoms with Crippen molar-refractivity contribution in [2.45, 2.75) is 25.8 Å². The van der Waals surface area contributed by atoms with Gasteiger partial charge in [-0.2, -0.15) is 0 Å². The number of carbonyl (C=O) groups excluding carboxylic acids is 1. The molecule has 0 aliphatic carbocycles. The Morgan fingerprint density at radius 1 is 1.53 bits per heavy atom. The minimum Gasteiger partial charge on any atom is -0.504 e. The first-order valence-corrected chi connectivity index (χ1v) is 5.41. The Bertz CT molecular complexity index is 403. The van der Waals surface area contributed by atoms with E-state index in [1.165, 1.54) is 6.92 Å². The summed E-state index contributed by atoms with van der Waals surface area (Å²) in [7, 11) is 0. The Hall–Kier alpha value is -1.26. The molecule has 2 rings (SSSR count). The summed E-state index contributed by atoms with van der Waals surface area (Å²) in [5.41, 5.74) is 1.03. The lowest BCUT2D eigenvalue weighted by Crippen LogP contribution is -2.12. The Morgan fingerprint density at radius 3 is 2.82 bits per heavy atom. The van der Waals surface area contributed by atoms with Crippen LogP contribution in [0.1, 0.15) is 31.4 Å². The van der Waals surface area contributed by atoms with Crippen molar-refractivity contribution in [2.24, 2.45) is 0 Å². The van der Waals surface area contributed by atoms with Gasteiger partial charge in [0.2, 0.25) is 0 Å². The van der Waals surface area contributed by atoms with E-state index in [1.807, 2.05) is 6.07 Å². The van der Waals surface area contributed by atoms with Crippen molar-refractivity contribution >= 4 is 18.4 Å². The van der Waals surface area contributed by atoms with Crippen molar-refractivity contribution in [2.75, 3.05) is 6.54 Å². The average molecular weight is 258 g/mol. The highest BCUT2D eigenvalue weighted by atomic mass is 35.5. The molecule has 1 aliphatic rings. The lowest BCUT2D eigenvalue weighted by Gasteiger charge is -2.12. The van der Waals surface area contributed by atoms with E-state index in [9.17, 15) is 9.90 Å². The number of halogens is 1. The minimum atomic E-state index is -0.429. The number of aromatic hydroxyl groups is 1. The van der Waals surface area contributed by atoms with Crippen LogP contribution in [0.3, 0.4) is 0 Å². The third kappa shape index (κ3) is 3.35. The first-order chi connectivity index (χ1) is 7.66. The largest absolute Gasteiger partial charge is 0.504 e. The molecule has 2 N–H and O–H groups in total. The number of phenols is 1. The summed E-state index contributed by atoms with van der Waals surface area (Å²) in [5.74, 6) is -0.197. The van der Waals surface area contributed by atoms with Crippen LogP contribution in [0.5, 0.6) is 11.5 Å². The molecular formula is C12H16ClNO3. The predicted octanol–water partition coefficient (Wildman–Crippen LogP) is 2.16. The Balaban J connectivity index is 0.00000144. The molecular weight excluding hydrogens is 242 g/mol. The van der Waals surface area contributed by atoms with Crippen molar-refractivity contribution in [1.82, 2.24) is 5.32 Å². The predicted molar refractivity (Wildman–Crippen MR) is 66.6 cm³/mol. The van der Waals surface area contributed by atoms with Crippen molar-refractivity contribution in [3.05, 3.63) is 23.8 Å². The highest BCUT2D eigenvalue weighted by molar-refractivity contribution is 5.85. The second kappa shape index (κ2) is 5.89. The van der Waals surface area contributed by atoms with E-state index < -0.39 is 5.97 Å². The average Bonchev–Trinajstić information content (AvgIpc) is 2.73. The molecule has 1 aromatic rings. The Morgan fingerprint density at radius 2 is 2.29 bits per heavy atom. The quantitative estimate of drug-likeness (QED) is 0.630. The van der Waals surface area contributed by atoms with Gasteiger partial charge in [-0.05, 0) is 37.1 Å². The van der Waals surface area contributed by atoms with Crippen LogP contribution in [0, 0.1) is 0 Å². The number of phenolic OH excluding ortho intramolecular Hbond substituents is 1. The first-order valence-electron chi connectivity index (χ1n) is 5.41. The molecule has 94 valence electrons. The Labute approximate surface area is 106 Å². The molecule has 0 radical (unpaired) electrons. The zero-order valence-electron chi connectivity index (χ0n) is 9.60. The van der Waals surface area contributed by atoms with Gasteiger partial charge in [0, 0.05) is 13.0 Å². The fourth-order valence-corrected chi connectivity index (χ4v) is 1.96. The third-order valence-corrected chi connectivity index (χ3v) is 2.70. The lowest BCUT2D eigenvalue weighted by molar-refractivity contribution is -0.132. The van der Waals surface area contributed by atoms with E-state index >= 15 is 0 Å². The molecule has 0 spiro atoms. The normalized spacial score (nSPS) is 18.5. The van der Waals surface area contributed by atoms with Gasteiger partial charge in [-0.1, -0.05) is 6.07 Å². The van der Waals surface area contributed by atoms with Gasteiger partial charge in [0.1, 0.15) is 0 Å². The molecule has 17 heavy (non-hydrogen) atoms. The molecule has 0 amide bonds. The van der Waals surface area contributed by atoms with Crippen LogP contribution in [0.2, 0.25) is 0 Å². The van der Waals surface area contributed by atoms with Gasteiger partial charge in [-0.25, -0.2) is 0 Å². The third-order valence-electron chi connectivity index (χ3n) is 2.70. The SMILES string of the molecule is CC(=O)Oc1ccc([C@H]2CCCN2)cc1O.Cl. The van der Waals surface area contributed by atoms with Crippen LogP contribution >= 0.6 is 12.4 Å². The van der Waals surface area contributed by atoms with Crippen LogP contribution in [0.15, 0.2) is 18.2 Å². The molecule has 4 nitrogen and oxygen atoms in total. The molecule has 1 fully saturated rings. The number of nitrogens with one attached hydrogen (secondary N) is 1. The number of hydrogen-bond acceptors (Lipinski definition) is 4. The summed E-state index contributed by atoms with van der Waals surface area (Å²) in [6.45, 7) is 2.32. The standard InChI is InChI=1S/C12H15NO3.ClH/c1-8(14)16-12-5-4-9(7-11(12)15)10-3-2-6-13-10;/h4-5,7,10,13,15H,2-3,6H2,1H3;1H/t10-;/m1./s1. The molecule has 0 aromatic heterocycles. The molecule has 0 bridgehead atoms. The van der Waals surface area contributed by atoms with Gasteiger partial charge in [-0.15, -0.1) is 12.4 Å². The maximum absolute atomic E-state index is 10.8. The van der Waals surface area contributed by atoms with Crippen LogP contribution in [-0.2, 0) is 4.79 Å². The zero-order valence-corrected chi connectivity index (χ0v) is 10.4. The first kappa shape index (κ1) is 13.8.